The van der Waals surface area contributed by atoms with Crippen molar-refractivity contribution in [1.82, 2.24) is 10.7 Å². The molecule has 0 amide bonds. The molecule has 0 aliphatic rings. The van der Waals surface area contributed by atoms with Crippen molar-refractivity contribution in [3.05, 3.63) is 23.8 Å². The van der Waals surface area contributed by atoms with E-state index in [9.17, 15) is 5.11 Å². The van der Waals surface area contributed by atoms with Crippen LogP contribution >= 0.6 is 12.2 Å². The third-order valence-corrected chi connectivity index (χ3v) is 2.47. The Kier molecular flexibility index (Phi) is 6.79. The Morgan fingerprint density at radius 1 is 1.50 bits per heavy atom. The molecule has 20 heavy (non-hydrogen) atoms. The van der Waals surface area contributed by atoms with Crippen LogP contribution in [-0.4, -0.2) is 29.1 Å². The van der Waals surface area contributed by atoms with Gasteiger partial charge < -0.3 is 15.2 Å². The van der Waals surface area contributed by atoms with Crippen molar-refractivity contribution in [3.63, 3.8) is 0 Å². The molecule has 0 unspecified atom stereocenters. The summed E-state index contributed by atoms with van der Waals surface area (Å²) in [5.74, 6) is 0.762. The first-order valence-electron chi connectivity index (χ1n) is 6.58. The van der Waals surface area contributed by atoms with E-state index in [1.165, 1.54) is 6.21 Å². The molecule has 1 aromatic carbocycles. The number of rotatable bonds is 6. The Balaban J connectivity index is 2.57. The van der Waals surface area contributed by atoms with Gasteiger partial charge in [0.15, 0.2) is 5.11 Å². The lowest BCUT2D eigenvalue weighted by Gasteiger charge is -2.09. The van der Waals surface area contributed by atoms with Crippen molar-refractivity contribution in [2.45, 2.75) is 33.2 Å². The van der Waals surface area contributed by atoms with Gasteiger partial charge in [0, 0.05) is 17.7 Å². The van der Waals surface area contributed by atoms with Crippen molar-refractivity contribution in [2.24, 2.45) is 5.10 Å². The molecule has 110 valence electrons. The maximum absolute atomic E-state index is 9.85. The zero-order valence-electron chi connectivity index (χ0n) is 12.0. The summed E-state index contributed by atoms with van der Waals surface area (Å²) < 4.78 is 5.43. The van der Waals surface area contributed by atoms with Gasteiger partial charge in [0.05, 0.1) is 12.8 Å². The van der Waals surface area contributed by atoms with Crippen molar-refractivity contribution in [2.75, 3.05) is 6.61 Å². The molecule has 0 heterocycles. The highest BCUT2D eigenvalue weighted by molar-refractivity contribution is 7.80. The van der Waals surface area contributed by atoms with Gasteiger partial charge in [0.2, 0.25) is 0 Å². The van der Waals surface area contributed by atoms with Gasteiger partial charge in [-0.15, -0.1) is 0 Å². The van der Waals surface area contributed by atoms with Crippen LogP contribution in [0.2, 0.25) is 0 Å². The first kappa shape index (κ1) is 16.2. The van der Waals surface area contributed by atoms with Gasteiger partial charge in [-0.05, 0) is 44.6 Å². The second-order valence-electron chi connectivity index (χ2n) is 4.57. The minimum Gasteiger partial charge on any atom is -0.507 e. The van der Waals surface area contributed by atoms with E-state index in [1.54, 1.807) is 18.2 Å². The van der Waals surface area contributed by atoms with Crippen LogP contribution < -0.4 is 15.5 Å². The summed E-state index contributed by atoms with van der Waals surface area (Å²) in [6.45, 7) is 6.63. The molecule has 3 N–H and O–H groups in total. The molecular formula is C14H21N3O2S. The van der Waals surface area contributed by atoms with Crippen molar-refractivity contribution >= 4 is 23.5 Å². The minimum absolute atomic E-state index is 0.117. The highest BCUT2D eigenvalue weighted by atomic mass is 32.1. The number of phenols is 1. The predicted molar refractivity (Wildman–Crippen MR) is 85.5 cm³/mol. The van der Waals surface area contributed by atoms with Crippen LogP contribution in [0.3, 0.4) is 0 Å². The molecule has 6 heteroatoms. The Hall–Kier alpha value is -1.82. The molecular weight excluding hydrogens is 274 g/mol. The third-order valence-electron chi connectivity index (χ3n) is 2.26. The monoisotopic (exact) mass is 295 g/mol. The average molecular weight is 295 g/mol. The molecule has 0 saturated heterocycles. The first-order valence-corrected chi connectivity index (χ1v) is 6.99. The van der Waals surface area contributed by atoms with Crippen molar-refractivity contribution in [1.29, 1.82) is 0 Å². The van der Waals surface area contributed by atoms with Crippen molar-refractivity contribution in [3.8, 4) is 11.5 Å². The van der Waals surface area contributed by atoms with E-state index in [2.05, 4.69) is 15.8 Å². The lowest BCUT2D eigenvalue weighted by Crippen LogP contribution is -2.36. The van der Waals surface area contributed by atoms with Gasteiger partial charge >= 0.3 is 0 Å². The molecule has 0 fully saturated rings. The number of hydrogen-bond acceptors (Lipinski definition) is 4. The first-order chi connectivity index (χ1) is 9.52. The summed E-state index contributed by atoms with van der Waals surface area (Å²) in [6.07, 6.45) is 2.43. The molecule has 0 aromatic heterocycles. The van der Waals surface area contributed by atoms with Crippen LogP contribution in [0.1, 0.15) is 32.8 Å². The Labute approximate surface area is 125 Å². The zero-order chi connectivity index (χ0) is 15.0. The Morgan fingerprint density at radius 3 is 2.85 bits per heavy atom. The summed E-state index contributed by atoms with van der Waals surface area (Å²) in [4.78, 5) is 0. The fourth-order valence-corrected chi connectivity index (χ4v) is 1.69. The summed E-state index contributed by atoms with van der Waals surface area (Å²) in [5, 5.41) is 17.3. The molecule has 0 radical (unpaired) electrons. The maximum atomic E-state index is 9.85. The number of hydrazone groups is 1. The average Bonchev–Trinajstić information content (AvgIpc) is 2.37. The summed E-state index contributed by atoms with van der Waals surface area (Å²) in [7, 11) is 0. The van der Waals surface area contributed by atoms with Gasteiger partial charge in [-0.3, -0.25) is 5.43 Å². The number of ether oxygens (including phenoxy) is 1. The second-order valence-corrected chi connectivity index (χ2v) is 4.98. The normalized spacial score (nSPS) is 10.8. The topological polar surface area (TPSA) is 65.9 Å². The number of benzene rings is 1. The molecule has 0 spiro atoms. The number of nitrogens with one attached hydrogen (secondary N) is 2. The third kappa shape index (κ3) is 5.88. The predicted octanol–water partition coefficient (Wildman–Crippen LogP) is 2.39. The Bertz CT molecular complexity index is 475. The number of thiocarbonyl (C=S) groups is 1. The molecule has 1 rings (SSSR count). The second kappa shape index (κ2) is 8.37. The summed E-state index contributed by atoms with van der Waals surface area (Å²) in [5.41, 5.74) is 3.28. The van der Waals surface area contributed by atoms with Gasteiger partial charge in [-0.2, -0.15) is 5.10 Å². The minimum atomic E-state index is 0.117. The van der Waals surface area contributed by atoms with Crippen LogP contribution in [0.25, 0.3) is 0 Å². The molecule has 0 bridgehead atoms. The number of nitrogens with zero attached hydrogens (tertiary/aromatic N) is 1. The quantitative estimate of drug-likeness (QED) is 0.427. The molecule has 0 aliphatic carbocycles. The fraction of sp³-hybridized carbons (Fsp3) is 0.429. The highest BCUT2D eigenvalue weighted by Crippen LogP contribution is 2.22. The molecule has 0 atom stereocenters. The SMILES string of the molecule is CCCOc1ccc(C=NNC(=S)NC(C)C)c(O)c1. The van der Waals surface area contributed by atoms with Crippen LogP contribution in [0, 0.1) is 0 Å². The lowest BCUT2D eigenvalue weighted by atomic mass is 10.2. The number of hydrogen-bond donors (Lipinski definition) is 3. The van der Waals surface area contributed by atoms with Gasteiger partial charge in [-0.25, -0.2) is 0 Å². The van der Waals surface area contributed by atoms with E-state index >= 15 is 0 Å². The maximum Gasteiger partial charge on any atom is 0.187 e. The zero-order valence-corrected chi connectivity index (χ0v) is 12.8. The number of phenolic OH excluding ortho intramolecular Hbond substituents is 1. The van der Waals surface area contributed by atoms with Crippen molar-refractivity contribution < 1.29 is 9.84 Å². The molecule has 0 aliphatic heterocycles. The van der Waals surface area contributed by atoms with Crippen LogP contribution in [0.4, 0.5) is 0 Å². The van der Waals surface area contributed by atoms with Gasteiger partial charge in [0.1, 0.15) is 11.5 Å². The summed E-state index contributed by atoms with van der Waals surface area (Å²) >= 11 is 5.03. The van der Waals surface area contributed by atoms with Crippen LogP contribution in [0.15, 0.2) is 23.3 Å². The van der Waals surface area contributed by atoms with E-state index in [1.807, 2.05) is 20.8 Å². The smallest absolute Gasteiger partial charge is 0.187 e. The number of aromatic hydroxyl groups is 1. The van der Waals surface area contributed by atoms with Crippen LogP contribution in [-0.2, 0) is 0 Å². The molecule has 5 nitrogen and oxygen atoms in total. The van der Waals surface area contributed by atoms with Crippen LogP contribution in [0.5, 0.6) is 11.5 Å². The summed E-state index contributed by atoms with van der Waals surface area (Å²) in [6, 6.07) is 5.35. The van der Waals surface area contributed by atoms with Gasteiger partial charge in [-0.1, -0.05) is 6.92 Å². The van der Waals surface area contributed by atoms with Gasteiger partial charge in [0.25, 0.3) is 0 Å². The van der Waals surface area contributed by atoms with E-state index in [0.717, 1.165) is 6.42 Å². The van der Waals surface area contributed by atoms with E-state index < -0.39 is 0 Å². The fourth-order valence-electron chi connectivity index (χ4n) is 1.40. The highest BCUT2D eigenvalue weighted by Gasteiger charge is 2.01. The van der Waals surface area contributed by atoms with E-state index in [4.69, 9.17) is 17.0 Å². The molecule has 0 saturated carbocycles. The standard InChI is InChI=1S/C14H21N3O2S/c1-4-7-19-12-6-5-11(13(18)8-12)9-15-17-14(20)16-10(2)3/h5-6,8-10,18H,4,7H2,1-3H3,(H2,16,17,20). The van der Waals surface area contributed by atoms with E-state index in [0.29, 0.717) is 23.0 Å². The largest absolute Gasteiger partial charge is 0.507 e. The van der Waals surface area contributed by atoms with E-state index in [-0.39, 0.29) is 11.8 Å². The Morgan fingerprint density at radius 2 is 2.25 bits per heavy atom. The molecule has 1 aromatic rings. The lowest BCUT2D eigenvalue weighted by molar-refractivity contribution is 0.315.